The second-order valence-electron chi connectivity index (χ2n) is 7.18. The van der Waals surface area contributed by atoms with Crippen LogP contribution in [0.3, 0.4) is 0 Å². The van der Waals surface area contributed by atoms with Crippen molar-refractivity contribution in [3.8, 4) is 0 Å². The summed E-state index contributed by atoms with van der Waals surface area (Å²) in [5, 5.41) is 12.9. The zero-order chi connectivity index (χ0) is 21.8. The Morgan fingerprint density at radius 3 is 2.77 bits per heavy atom. The van der Waals surface area contributed by atoms with Crippen LogP contribution >= 0.6 is 11.3 Å². The molecular weight excluding hydrogens is 416 g/mol. The Morgan fingerprint density at radius 2 is 2.13 bits per heavy atom. The highest BCUT2D eigenvalue weighted by molar-refractivity contribution is 7.09. The monoisotopic (exact) mass is 438 g/mol. The van der Waals surface area contributed by atoms with Crippen molar-refractivity contribution in [1.29, 1.82) is 0 Å². The number of aliphatic hydroxyl groups excluding tert-OH is 1. The van der Waals surface area contributed by atoms with Crippen LogP contribution in [0.15, 0.2) is 54.3 Å². The highest BCUT2D eigenvalue weighted by atomic mass is 32.1. The van der Waals surface area contributed by atoms with Crippen LogP contribution in [-0.4, -0.2) is 51.0 Å². The van der Waals surface area contributed by atoms with Gasteiger partial charge in [-0.2, -0.15) is 0 Å². The van der Waals surface area contributed by atoms with Gasteiger partial charge < -0.3 is 20.1 Å². The molecule has 2 unspecified atom stereocenters. The zero-order valence-electron chi connectivity index (χ0n) is 16.9. The quantitative estimate of drug-likeness (QED) is 0.613. The Bertz CT molecular complexity index is 1050. The van der Waals surface area contributed by atoms with Crippen LogP contribution in [0.25, 0.3) is 0 Å². The molecule has 31 heavy (non-hydrogen) atoms. The SMILES string of the molecule is Cc1ncsc1CN1C(=O)COC(c2ccc(NC(=O)c3cccnc3)cc2)C1CO. The molecule has 1 fully saturated rings. The lowest BCUT2D eigenvalue weighted by molar-refractivity contribution is -0.161. The van der Waals surface area contributed by atoms with E-state index in [1.54, 1.807) is 40.9 Å². The third-order valence-electron chi connectivity index (χ3n) is 5.22. The molecule has 3 aromatic rings. The molecule has 1 aliphatic heterocycles. The fourth-order valence-corrected chi connectivity index (χ4v) is 4.29. The molecule has 2 N–H and O–H groups in total. The number of hydrogen-bond acceptors (Lipinski definition) is 7. The summed E-state index contributed by atoms with van der Waals surface area (Å²) in [6, 6.07) is 10.1. The summed E-state index contributed by atoms with van der Waals surface area (Å²) in [5.41, 5.74) is 4.54. The Kier molecular flexibility index (Phi) is 6.36. The molecule has 160 valence electrons. The highest BCUT2D eigenvalue weighted by Crippen LogP contribution is 2.31. The second-order valence-corrected chi connectivity index (χ2v) is 8.12. The average molecular weight is 439 g/mol. The first kappa shape index (κ1) is 21.1. The fraction of sp³-hybridized carbons (Fsp3) is 0.273. The number of amides is 2. The number of hydrogen-bond donors (Lipinski definition) is 2. The van der Waals surface area contributed by atoms with E-state index in [2.05, 4.69) is 15.3 Å². The summed E-state index contributed by atoms with van der Waals surface area (Å²) < 4.78 is 5.79. The van der Waals surface area contributed by atoms with Crippen LogP contribution in [0.4, 0.5) is 5.69 Å². The minimum Gasteiger partial charge on any atom is -0.394 e. The summed E-state index contributed by atoms with van der Waals surface area (Å²) in [6.45, 7) is 2.01. The van der Waals surface area contributed by atoms with Crippen LogP contribution in [0.5, 0.6) is 0 Å². The number of benzene rings is 1. The maximum atomic E-state index is 12.5. The van der Waals surface area contributed by atoms with Gasteiger partial charge >= 0.3 is 0 Å². The van der Waals surface area contributed by atoms with Gasteiger partial charge in [-0.25, -0.2) is 4.98 Å². The van der Waals surface area contributed by atoms with Gasteiger partial charge in [-0.3, -0.25) is 14.6 Å². The molecule has 2 amide bonds. The van der Waals surface area contributed by atoms with E-state index in [0.717, 1.165) is 16.1 Å². The number of aliphatic hydroxyl groups is 1. The molecule has 0 spiro atoms. The van der Waals surface area contributed by atoms with Crippen LogP contribution in [0, 0.1) is 6.92 Å². The smallest absolute Gasteiger partial charge is 0.257 e. The predicted octanol–water partition coefficient (Wildman–Crippen LogP) is 2.56. The molecular formula is C22H22N4O4S. The molecule has 1 aromatic carbocycles. The number of rotatable bonds is 6. The van der Waals surface area contributed by atoms with Gasteiger partial charge in [0.05, 0.1) is 36.0 Å². The molecule has 8 nitrogen and oxygen atoms in total. The number of anilines is 1. The number of carbonyl (C=O) groups excluding carboxylic acids is 2. The zero-order valence-corrected chi connectivity index (χ0v) is 17.7. The van der Waals surface area contributed by atoms with E-state index in [1.165, 1.54) is 17.5 Å². The van der Waals surface area contributed by atoms with E-state index in [1.807, 2.05) is 19.1 Å². The van der Waals surface area contributed by atoms with Crippen molar-refractivity contribution >= 4 is 28.8 Å². The Labute approximate surface area is 183 Å². The molecule has 0 bridgehead atoms. The van der Waals surface area contributed by atoms with Crippen molar-refractivity contribution < 1.29 is 19.4 Å². The summed E-state index contributed by atoms with van der Waals surface area (Å²) in [4.78, 5) is 35.6. The fourth-order valence-electron chi connectivity index (χ4n) is 3.51. The number of pyridine rings is 1. The lowest BCUT2D eigenvalue weighted by Gasteiger charge is -2.40. The average Bonchev–Trinajstić information content (AvgIpc) is 3.20. The van der Waals surface area contributed by atoms with Gasteiger partial charge in [0, 0.05) is 23.0 Å². The van der Waals surface area contributed by atoms with Gasteiger partial charge in [0.1, 0.15) is 12.7 Å². The van der Waals surface area contributed by atoms with E-state index >= 15 is 0 Å². The van der Waals surface area contributed by atoms with Crippen molar-refractivity contribution in [2.24, 2.45) is 0 Å². The second kappa shape index (κ2) is 9.34. The van der Waals surface area contributed by atoms with Crippen LogP contribution in [-0.2, 0) is 16.1 Å². The molecule has 4 rings (SSSR count). The number of carbonyl (C=O) groups is 2. The van der Waals surface area contributed by atoms with Gasteiger partial charge in [-0.1, -0.05) is 12.1 Å². The van der Waals surface area contributed by atoms with Crippen LogP contribution in [0.2, 0.25) is 0 Å². The molecule has 3 heterocycles. The van der Waals surface area contributed by atoms with E-state index in [4.69, 9.17) is 4.74 Å². The van der Waals surface area contributed by atoms with Gasteiger partial charge in [0.15, 0.2) is 0 Å². The lowest BCUT2D eigenvalue weighted by Crippen LogP contribution is -2.52. The number of nitrogens with one attached hydrogen (secondary N) is 1. The topological polar surface area (TPSA) is 105 Å². The van der Waals surface area contributed by atoms with Gasteiger partial charge in [-0.15, -0.1) is 11.3 Å². The molecule has 1 aliphatic rings. The van der Waals surface area contributed by atoms with Crippen LogP contribution < -0.4 is 5.32 Å². The van der Waals surface area contributed by atoms with Crippen LogP contribution in [0.1, 0.15) is 32.6 Å². The number of morpholine rings is 1. The van der Waals surface area contributed by atoms with E-state index in [0.29, 0.717) is 17.8 Å². The third-order valence-corrected chi connectivity index (χ3v) is 6.14. The number of ether oxygens (including phenoxy) is 1. The van der Waals surface area contributed by atoms with E-state index < -0.39 is 12.1 Å². The van der Waals surface area contributed by atoms with Gasteiger partial charge in [-0.05, 0) is 36.8 Å². The first-order valence-corrected chi connectivity index (χ1v) is 10.7. The van der Waals surface area contributed by atoms with Gasteiger partial charge in [0.2, 0.25) is 5.91 Å². The molecule has 2 atom stereocenters. The summed E-state index contributed by atoms with van der Waals surface area (Å²) in [5.74, 6) is -0.414. The summed E-state index contributed by atoms with van der Waals surface area (Å²) in [7, 11) is 0. The molecule has 0 saturated carbocycles. The van der Waals surface area contributed by atoms with Crippen molar-refractivity contribution in [3.63, 3.8) is 0 Å². The maximum absolute atomic E-state index is 12.5. The maximum Gasteiger partial charge on any atom is 0.257 e. The lowest BCUT2D eigenvalue weighted by atomic mass is 9.99. The van der Waals surface area contributed by atoms with Crippen molar-refractivity contribution in [2.75, 3.05) is 18.5 Å². The van der Waals surface area contributed by atoms with E-state index in [-0.39, 0.29) is 25.0 Å². The van der Waals surface area contributed by atoms with E-state index in [9.17, 15) is 14.7 Å². The molecule has 9 heteroatoms. The minimum atomic E-state index is -0.515. The Morgan fingerprint density at radius 1 is 1.32 bits per heavy atom. The summed E-state index contributed by atoms with van der Waals surface area (Å²) >= 11 is 1.49. The Balaban J connectivity index is 1.49. The third kappa shape index (κ3) is 4.63. The number of thiazole rings is 1. The van der Waals surface area contributed by atoms with Crippen molar-refractivity contribution in [2.45, 2.75) is 25.6 Å². The first-order chi connectivity index (χ1) is 15.1. The normalized spacial score (nSPS) is 18.8. The first-order valence-electron chi connectivity index (χ1n) is 9.79. The summed E-state index contributed by atoms with van der Waals surface area (Å²) in [6.07, 6.45) is 2.64. The molecule has 2 aromatic heterocycles. The molecule has 1 saturated heterocycles. The standard InChI is InChI=1S/C22H22N4O4S/c1-14-19(31-13-24-14)10-26-18(11-27)21(30-12-20(26)28)15-4-6-17(7-5-15)25-22(29)16-3-2-8-23-9-16/h2-9,13,18,21,27H,10-12H2,1H3,(H,25,29). The van der Waals surface area contributed by atoms with Gasteiger partial charge in [0.25, 0.3) is 5.91 Å². The largest absolute Gasteiger partial charge is 0.394 e. The highest BCUT2D eigenvalue weighted by Gasteiger charge is 2.37. The van der Waals surface area contributed by atoms with Crippen molar-refractivity contribution in [3.05, 3.63) is 76.0 Å². The van der Waals surface area contributed by atoms with Crippen molar-refractivity contribution in [1.82, 2.24) is 14.9 Å². The minimum absolute atomic E-state index is 0.0570. The Hall–Kier alpha value is -3.14. The molecule has 0 aliphatic carbocycles. The number of aromatic nitrogens is 2. The molecule has 0 radical (unpaired) electrons. The predicted molar refractivity (Wildman–Crippen MR) is 116 cm³/mol. The number of nitrogens with zero attached hydrogens (tertiary/aromatic N) is 3. The number of aryl methyl sites for hydroxylation is 1.